The highest BCUT2D eigenvalue weighted by Crippen LogP contribution is 2.26. The van der Waals surface area contributed by atoms with E-state index in [0.29, 0.717) is 40.7 Å². The van der Waals surface area contributed by atoms with Crippen LogP contribution in [0.25, 0.3) is 11.4 Å². The van der Waals surface area contributed by atoms with Gasteiger partial charge in [0.1, 0.15) is 22.9 Å². The lowest BCUT2D eigenvalue weighted by Crippen LogP contribution is -2.33. The van der Waals surface area contributed by atoms with Gasteiger partial charge in [0, 0.05) is 18.2 Å². The van der Waals surface area contributed by atoms with Crippen LogP contribution in [0, 0.1) is 13.8 Å². The first kappa shape index (κ1) is 20.0. The number of carbonyl (C=O) groups excluding carboxylic acids is 1. The van der Waals surface area contributed by atoms with E-state index in [4.69, 9.17) is 4.52 Å². The second-order valence-corrected chi connectivity index (χ2v) is 7.18. The fourth-order valence-electron chi connectivity index (χ4n) is 2.65. The minimum Gasteiger partial charge on any atom is -0.361 e. The Morgan fingerprint density at radius 3 is 2.71 bits per heavy atom. The molecule has 0 aliphatic heterocycles. The van der Waals surface area contributed by atoms with Gasteiger partial charge in [0.25, 0.3) is 5.91 Å². The van der Waals surface area contributed by atoms with Crippen LogP contribution in [0.4, 0.5) is 13.2 Å². The molecule has 0 fully saturated rings. The van der Waals surface area contributed by atoms with Crippen molar-refractivity contribution < 1.29 is 22.5 Å². The number of amides is 1. The quantitative estimate of drug-likeness (QED) is 0.667. The van der Waals surface area contributed by atoms with Crippen molar-refractivity contribution in [3.8, 4) is 11.4 Å². The largest absolute Gasteiger partial charge is 0.405 e. The first-order chi connectivity index (χ1) is 13.2. The van der Waals surface area contributed by atoms with Gasteiger partial charge in [-0.1, -0.05) is 11.2 Å². The summed E-state index contributed by atoms with van der Waals surface area (Å²) >= 11 is 1.09. The average Bonchev–Trinajstić information content (AvgIpc) is 3.20. The molecule has 0 spiro atoms. The van der Waals surface area contributed by atoms with Crippen molar-refractivity contribution in [3.63, 3.8) is 0 Å². The summed E-state index contributed by atoms with van der Waals surface area (Å²) in [6.07, 6.45) is -1.73. The van der Waals surface area contributed by atoms with Gasteiger partial charge in [0.05, 0.1) is 16.4 Å². The number of aryl methyl sites for hydroxylation is 3. The summed E-state index contributed by atoms with van der Waals surface area (Å²) in [5, 5.41) is 6.60. The number of aromatic nitrogens is 3. The van der Waals surface area contributed by atoms with Crippen LogP contribution in [0.5, 0.6) is 0 Å². The predicted octanol–water partition coefficient (Wildman–Crippen LogP) is 3.89. The lowest BCUT2D eigenvalue weighted by atomic mass is 10.1. The molecule has 0 aliphatic rings. The number of thiazole rings is 1. The zero-order valence-corrected chi connectivity index (χ0v) is 15.9. The summed E-state index contributed by atoms with van der Waals surface area (Å²) in [6, 6.07) is 5.49. The number of pyridine rings is 1. The first-order valence-electron chi connectivity index (χ1n) is 8.42. The van der Waals surface area contributed by atoms with Crippen molar-refractivity contribution in [3.05, 3.63) is 51.3 Å². The number of hydrogen-bond donors (Lipinski definition) is 1. The second kappa shape index (κ2) is 8.09. The number of rotatable bonds is 6. The van der Waals surface area contributed by atoms with Crippen LogP contribution in [-0.2, 0) is 12.8 Å². The van der Waals surface area contributed by atoms with E-state index in [9.17, 15) is 18.0 Å². The molecule has 0 saturated heterocycles. The third-order valence-electron chi connectivity index (χ3n) is 3.98. The smallest absolute Gasteiger partial charge is 0.361 e. The van der Waals surface area contributed by atoms with Crippen molar-refractivity contribution >= 4 is 17.2 Å². The Kier molecular flexibility index (Phi) is 5.78. The van der Waals surface area contributed by atoms with Crippen molar-refractivity contribution in [1.82, 2.24) is 20.4 Å². The van der Waals surface area contributed by atoms with E-state index in [2.05, 4.69) is 15.1 Å². The van der Waals surface area contributed by atoms with Crippen LogP contribution in [0.3, 0.4) is 0 Å². The molecule has 0 radical (unpaired) electrons. The number of nitrogens with one attached hydrogen (secondary N) is 1. The summed E-state index contributed by atoms with van der Waals surface area (Å²) in [7, 11) is 0. The van der Waals surface area contributed by atoms with Crippen molar-refractivity contribution in [2.24, 2.45) is 0 Å². The van der Waals surface area contributed by atoms with Crippen LogP contribution in [0.1, 0.15) is 31.7 Å². The number of hydrogen-bond acceptors (Lipinski definition) is 6. The molecule has 28 heavy (non-hydrogen) atoms. The van der Waals surface area contributed by atoms with Gasteiger partial charge in [0.15, 0.2) is 0 Å². The number of halogens is 3. The van der Waals surface area contributed by atoms with Crippen LogP contribution >= 0.6 is 11.3 Å². The molecule has 10 heteroatoms. The second-order valence-electron chi connectivity index (χ2n) is 6.10. The molecule has 0 aromatic carbocycles. The topological polar surface area (TPSA) is 80.9 Å². The lowest BCUT2D eigenvalue weighted by molar-refractivity contribution is -0.123. The van der Waals surface area contributed by atoms with Crippen LogP contribution < -0.4 is 5.32 Å². The molecule has 1 N–H and O–H groups in total. The van der Waals surface area contributed by atoms with Crippen molar-refractivity contribution in [2.45, 2.75) is 32.9 Å². The molecule has 148 valence electrons. The van der Waals surface area contributed by atoms with Gasteiger partial charge in [0.2, 0.25) is 0 Å². The Bertz CT molecular complexity index is 967. The van der Waals surface area contributed by atoms with Crippen LogP contribution in [0.15, 0.2) is 28.9 Å². The Morgan fingerprint density at radius 1 is 1.25 bits per heavy atom. The third kappa shape index (κ3) is 4.75. The van der Waals surface area contributed by atoms with Gasteiger partial charge in [-0.25, -0.2) is 4.98 Å². The molecule has 0 unspecified atom stereocenters. The van der Waals surface area contributed by atoms with Gasteiger partial charge in [-0.3, -0.25) is 9.78 Å². The van der Waals surface area contributed by atoms with Gasteiger partial charge in [-0.2, -0.15) is 13.2 Å². The Hall–Kier alpha value is -2.75. The highest BCUT2D eigenvalue weighted by Gasteiger charge is 2.28. The Morgan fingerprint density at radius 2 is 2.04 bits per heavy atom. The molecule has 1 amide bonds. The average molecular weight is 410 g/mol. The molecule has 6 nitrogen and oxygen atoms in total. The zero-order chi connectivity index (χ0) is 20.3. The molecule has 0 saturated carbocycles. The minimum atomic E-state index is -4.45. The Labute approximate surface area is 162 Å². The SMILES string of the molecule is Cc1nc(CCc2c(-c3ccccn3)noc2C)sc1C(=O)NCC(F)(F)F. The lowest BCUT2D eigenvalue weighted by Gasteiger charge is -2.07. The van der Waals surface area contributed by atoms with Gasteiger partial charge < -0.3 is 9.84 Å². The Balaban J connectivity index is 1.71. The third-order valence-corrected chi connectivity index (χ3v) is 5.19. The normalized spacial score (nSPS) is 11.6. The minimum absolute atomic E-state index is 0.186. The van der Waals surface area contributed by atoms with E-state index in [1.807, 2.05) is 17.4 Å². The van der Waals surface area contributed by atoms with Crippen molar-refractivity contribution in [2.75, 3.05) is 6.54 Å². The van der Waals surface area contributed by atoms with Gasteiger partial charge in [-0.15, -0.1) is 11.3 Å². The predicted molar refractivity (Wildman–Crippen MR) is 97.1 cm³/mol. The fourth-order valence-corrected chi connectivity index (χ4v) is 3.63. The molecule has 0 bridgehead atoms. The molecule has 3 aromatic heterocycles. The molecule has 3 heterocycles. The molecule has 3 rings (SSSR count). The van der Waals surface area contributed by atoms with Gasteiger partial charge in [-0.05, 0) is 32.4 Å². The van der Waals surface area contributed by atoms with E-state index in [1.165, 1.54) is 0 Å². The number of alkyl halides is 3. The summed E-state index contributed by atoms with van der Waals surface area (Å²) in [6.45, 7) is 2.04. The molecular formula is C18H17F3N4O2S. The monoisotopic (exact) mass is 410 g/mol. The van der Waals surface area contributed by atoms with Crippen LogP contribution in [-0.4, -0.2) is 33.8 Å². The summed E-state index contributed by atoms with van der Waals surface area (Å²) in [4.78, 5) is 20.8. The molecular weight excluding hydrogens is 393 g/mol. The van der Waals surface area contributed by atoms with E-state index in [-0.39, 0.29) is 4.88 Å². The standard InChI is InChI=1S/C18H17F3N4O2S/c1-10-16(17(26)23-9-18(19,20)21)28-14(24-10)7-6-12-11(2)27-25-15(12)13-5-3-4-8-22-13/h3-5,8H,6-7,9H2,1-2H3,(H,23,26). The van der Waals surface area contributed by atoms with Gasteiger partial charge >= 0.3 is 6.18 Å². The highest BCUT2D eigenvalue weighted by atomic mass is 32.1. The number of carbonyl (C=O) groups is 1. The summed E-state index contributed by atoms with van der Waals surface area (Å²) in [5.74, 6) is -0.106. The molecule has 3 aromatic rings. The zero-order valence-electron chi connectivity index (χ0n) is 15.1. The maximum Gasteiger partial charge on any atom is 0.405 e. The van der Waals surface area contributed by atoms with Crippen LogP contribution in [0.2, 0.25) is 0 Å². The van der Waals surface area contributed by atoms with Crippen molar-refractivity contribution in [1.29, 1.82) is 0 Å². The summed E-state index contributed by atoms with van der Waals surface area (Å²) < 4.78 is 42.1. The number of nitrogens with zero attached hydrogens (tertiary/aromatic N) is 3. The van der Waals surface area contributed by atoms with E-state index in [0.717, 1.165) is 16.9 Å². The maximum atomic E-state index is 12.3. The van der Waals surface area contributed by atoms with E-state index >= 15 is 0 Å². The maximum absolute atomic E-state index is 12.3. The first-order valence-corrected chi connectivity index (χ1v) is 9.24. The summed E-state index contributed by atoms with van der Waals surface area (Å²) in [5.41, 5.74) is 2.63. The van der Waals surface area contributed by atoms with E-state index in [1.54, 1.807) is 26.1 Å². The highest BCUT2D eigenvalue weighted by molar-refractivity contribution is 7.13. The molecule has 0 atom stereocenters. The molecule has 0 aliphatic carbocycles. The fraction of sp³-hybridized carbons (Fsp3) is 0.333. The van der Waals surface area contributed by atoms with E-state index < -0.39 is 18.6 Å².